The maximum atomic E-state index is 12.1. The van der Waals surface area contributed by atoms with Crippen LogP contribution in [0.4, 0.5) is 5.69 Å². The van der Waals surface area contributed by atoms with Gasteiger partial charge in [-0.1, -0.05) is 17.7 Å². The molecule has 1 aromatic heterocycles. The van der Waals surface area contributed by atoms with E-state index in [4.69, 9.17) is 16.7 Å². The van der Waals surface area contributed by atoms with Gasteiger partial charge in [-0.3, -0.25) is 4.79 Å². The fraction of sp³-hybridized carbons (Fsp3) is 0. The minimum atomic E-state index is -1.30. The van der Waals surface area contributed by atoms with Crippen LogP contribution in [0.25, 0.3) is 0 Å². The lowest BCUT2D eigenvalue weighted by Gasteiger charge is -2.09. The molecule has 0 fully saturated rings. The van der Waals surface area contributed by atoms with Crippen molar-refractivity contribution in [3.63, 3.8) is 0 Å². The third kappa shape index (κ3) is 3.32. The molecule has 0 radical (unpaired) electrons. The van der Waals surface area contributed by atoms with Gasteiger partial charge in [-0.15, -0.1) is 0 Å². The summed E-state index contributed by atoms with van der Waals surface area (Å²) in [6, 6.07) is 5.46. The van der Waals surface area contributed by atoms with Gasteiger partial charge in [0, 0.05) is 10.7 Å². The van der Waals surface area contributed by atoms with Crippen LogP contribution in [0.5, 0.6) is 5.75 Å². The highest BCUT2D eigenvalue weighted by Crippen LogP contribution is 2.28. The summed E-state index contributed by atoms with van der Waals surface area (Å²) in [5, 5.41) is 21.1. The van der Waals surface area contributed by atoms with E-state index >= 15 is 0 Å². The van der Waals surface area contributed by atoms with Crippen LogP contribution in [-0.2, 0) is 0 Å². The molecule has 108 valence electrons. The Kier molecular flexibility index (Phi) is 4.44. The maximum Gasteiger partial charge on any atom is 0.339 e. The van der Waals surface area contributed by atoms with Crippen molar-refractivity contribution in [3.05, 3.63) is 51.2 Å². The van der Waals surface area contributed by atoms with Gasteiger partial charge in [0.1, 0.15) is 10.7 Å². The zero-order valence-corrected chi connectivity index (χ0v) is 12.6. The smallest absolute Gasteiger partial charge is 0.339 e. The number of nitrogens with one attached hydrogen (secondary N) is 1. The lowest BCUT2D eigenvalue weighted by Crippen LogP contribution is -2.14. The average Bonchev–Trinajstić information content (AvgIpc) is 2.43. The molecule has 21 heavy (non-hydrogen) atoms. The molecule has 1 heterocycles. The normalized spacial score (nSPS) is 10.2. The molecule has 0 aliphatic rings. The molecular weight excluding hydrogens is 364 g/mol. The van der Waals surface area contributed by atoms with E-state index in [1.54, 1.807) is 0 Å². The van der Waals surface area contributed by atoms with E-state index in [1.165, 1.54) is 30.5 Å². The summed E-state index contributed by atoms with van der Waals surface area (Å²) in [7, 11) is 0. The molecule has 0 atom stereocenters. The number of nitrogens with zero attached hydrogens (tertiary/aromatic N) is 1. The van der Waals surface area contributed by atoms with Crippen LogP contribution in [0.3, 0.4) is 0 Å². The van der Waals surface area contributed by atoms with Gasteiger partial charge in [-0.2, -0.15) is 0 Å². The average molecular weight is 372 g/mol. The zero-order chi connectivity index (χ0) is 15.6. The van der Waals surface area contributed by atoms with Gasteiger partial charge >= 0.3 is 5.97 Å². The number of carbonyl (C=O) groups is 2. The van der Waals surface area contributed by atoms with Gasteiger partial charge in [0.2, 0.25) is 0 Å². The Hall–Kier alpha value is -2.12. The monoisotopic (exact) mass is 370 g/mol. The first kappa shape index (κ1) is 15.3. The maximum absolute atomic E-state index is 12.1. The summed E-state index contributed by atoms with van der Waals surface area (Å²) in [5.74, 6) is -2.45. The van der Waals surface area contributed by atoms with Crippen molar-refractivity contribution in [1.29, 1.82) is 0 Å². The number of hydrogen-bond acceptors (Lipinski definition) is 4. The van der Waals surface area contributed by atoms with Crippen LogP contribution >= 0.6 is 27.5 Å². The molecule has 0 saturated carbocycles. The van der Waals surface area contributed by atoms with Crippen LogP contribution in [0.2, 0.25) is 5.15 Å². The zero-order valence-electron chi connectivity index (χ0n) is 10.3. The first-order chi connectivity index (χ1) is 9.90. The van der Waals surface area contributed by atoms with Crippen molar-refractivity contribution in [2.75, 3.05) is 5.32 Å². The van der Waals surface area contributed by atoms with E-state index in [9.17, 15) is 14.7 Å². The summed E-state index contributed by atoms with van der Waals surface area (Å²) >= 11 is 9.00. The third-order valence-corrected chi connectivity index (χ3v) is 3.30. The highest BCUT2D eigenvalue weighted by atomic mass is 79.9. The van der Waals surface area contributed by atoms with Crippen molar-refractivity contribution in [2.45, 2.75) is 0 Å². The summed E-state index contributed by atoms with van der Waals surface area (Å²) in [6.45, 7) is 0. The van der Waals surface area contributed by atoms with E-state index in [0.717, 1.165) is 0 Å². The topological polar surface area (TPSA) is 99.5 Å². The molecule has 0 aliphatic carbocycles. The van der Waals surface area contributed by atoms with Crippen LogP contribution in [0, 0.1) is 0 Å². The predicted octanol–water partition coefficient (Wildman–Crippen LogP) is 3.15. The van der Waals surface area contributed by atoms with Crippen molar-refractivity contribution < 1.29 is 19.8 Å². The number of aromatic carboxylic acids is 1. The number of rotatable bonds is 3. The van der Waals surface area contributed by atoms with Gasteiger partial charge < -0.3 is 15.5 Å². The number of carboxylic acids is 1. The van der Waals surface area contributed by atoms with E-state index in [1.807, 2.05) is 0 Å². The molecule has 8 heteroatoms. The van der Waals surface area contributed by atoms with Crippen LogP contribution in [0.1, 0.15) is 20.7 Å². The summed E-state index contributed by atoms with van der Waals surface area (Å²) in [6.07, 6.45) is 1.43. The fourth-order valence-electron chi connectivity index (χ4n) is 1.59. The Labute approximate surface area is 132 Å². The molecule has 0 saturated heterocycles. The molecule has 1 aromatic carbocycles. The lowest BCUT2D eigenvalue weighted by atomic mass is 10.1. The van der Waals surface area contributed by atoms with Gasteiger partial charge in [-0.05, 0) is 34.1 Å². The minimum absolute atomic E-state index is 0.00965. The van der Waals surface area contributed by atoms with Gasteiger partial charge in [0.15, 0.2) is 5.75 Å². The molecule has 0 aliphatic heterocycles. The Balaban J connectivity index is 2.34. The number of para-hydroxylation sites is 1. The summed E-state index contributed by atoms with van der Waals surface area (Å²) < 4.78 is 0.556. The molecule has 2 rings (SSSR count). The molecule has 3 N–H and O–H groups in total. The number of carboxylic acid groups (broad SMARTS) is 1. The van der Waals surface area contributed by atoms with Crippen LogP contribution in [-0.4, -0.2) is 27.1 Å². The lowest BCUT2D eigenvalue weighted by molar-refractivity contribution is 0.0693. The van der Waals surface area contributed by atoms with Crippen molar-refractivity contribution in [1.82, 2.24) is 4.98 Å². The number of aromatic hydroxyl groups is 1. The largest absolute Gasteiger partial charge is 0.505 e. The van der Waals surface area contributed by atoms with E-state index < -0.39 is 17.6 Å². The Morgan fingerprint density at radius 3 is 2.67 bits per heavy atom. The first-order valence-corrected chi connectivity index (χ1v) is 6.75. The second-order valence-corrected chi connectivity index (χ2v) is 5.23. The summed E-state index contributed by atoms with van der Waals surface area (Å²) in [4.78, 5) is 26.8. The quantitative estimate of drug-likeness (QED) is 0.568. The molecule has 0 spiro atoms. The number of benzene rings is 1. The third-order valence-electron chi connectivity index (χ3n) is 2.56. The Bertz CT molecular complexity index is 736. The molecular formula is C13H8BrClN2O4. The number of halogens is 2. The van der Waals surface area contributed by atoms with Crippen LogP contribution < -0.4 is 5.32 Å². The SMILES string of the molecule is O=C(Nc1cccc(C(=O)O)c1O)c1cc(Br)cnc1Cl. The first-order valence-electron chi connectivity index (χ1n) is 5.58. The molecule has 6 nitrogen and oxygen atoms in total. The van der Waals surface area contributed by atoms with Crippen molar-refractivity contribution in [3.8, 4) is 5.75 Å². The highest BCUT2D eigenvalue weighted by Gasteiger charge is 2.17. The highest BCUT2D eigenvalue weighted by molar-refractivity contribution is 9.10. The second-order valence-electron chi connectivity index (χ2n) is 3.95. The Morgan fingerprint density at radius 2 is 2.00 bits per heavy atom. The van der Waals surface area contributed by atoms with Crippen LogP contribution in [0.15, 0.2) is 34.9 Å². The standard InChI is InChI=1S/C13H8BrClN2O4/c14-6-4-8(11(15)16-5-6)12(19)17-9-3-1-2-7(10(9)18)13(20)21/h1-5,18H,(H,17,19)(H,20,21). The molecule has 1 amide bonds. The number of hydrogen-bond donors (Lipinski definition) is 3. The number of carbonyl (C=O) groups excluding carboxylic acids is 1. The van der Waals surface area contributed by atoms with E-state index in [-0.39, 0.29) is 22.0 Å². The second kappa shape index (κ2) is 6.11. The predicted molar refractivity (Wildman–Crippen MR) is 80.0 cm³/mol. The minimum Gasteiger partial charge on any atom is -0.505 e. The number of pyridine rings is 1. The number of phenols is 1. The summed E-state index contributed by atoms with van der Waals surface area (Å²) in [5.41, 5.74) is -0.256. The van der Waals surface area contributed by atoms with Gasteiger partial charge in [0.05, 0.1) is 11.3 Å². The molecule has 2 aromatic rings. The molecule has 0 unspecified atom stereocenters. The van der Waals surface area contributed by atoms with Crippen molar-refractivity contribution >= 4 is 45.1 Å². The van der Waals surface area contributed by atoms with E-state index in [0.29, 0.717) is 4.47 Å². The Morgan fingerprint density at radius 1 is 1.29 bits per heavy atom. The number of anilines is 1. The van der Waals surface area contributed by atoms with Gasteiger partial charge in [-0.25, -0.2) is 9.78 Å². The fourth-order valence-corrected chi connectivity index (χ4v) is 2.11. The number of amides is 1. The molecule has 0 bridgehead atoms. The van der Waals surface area contributed by atoms with E-state index in [2.05, 4.69) is 26.2 Å². The van der Waals surface area contributed by atoms with Gasteiger partial charge in [0.25, 0.3) is 5.91 Å². The van der Waals surface area contributed by atoms with Crippen molar-refractivity contribution in [2.24, 2.45) is 0 Å². The number of aromatic nitrogens is 1.